The number of amides is 5. The van der Waals surface area contributed by atoms with Crippen molar-refractivity contribution in [3.63, 3.8) is 0 Å². The molecule has 43 heavy (non-hydrogen) atoms. The van der Waals surface area contributed by atoms with Crippen LogP contribution in [-0.4, -0.2) is 93.6 Å². The molecule has 0 aliphatic carbocycles. The maximum atomic E-state index is 14.9. The molecule has 18 heteroatoms. The van der Waals surface area contributed by atoms with E-state index in [1.807, 2.05) is 5.32 Å². The standard InChI is InChI=1S/C25H23BF4N4O9/c1-10-9-33(6-5-27)22(37)23(38)34(10)25(41)32-18(13-8-14(28)19(35)17(30)16(13)29)21(36)31-15-7-11-3-2-4-12(24(39)40)20(11)43-26(15)42/h2-4,8,10,15,18,35,42H,5-7,9H2,1H3,(H,31,36)(H,32,41)(H,39,40)/t10-,15-,18?/m0/s1. The van der Waals surface area contributed by atoms with Crippen molar-refractivity contribution in [2.24, 2.45) is 0 Å². The molecule has 5 N–H and O–H groups in total. The van der Waals surface area contributed by atoms with Crippen LogP contribution < -0.4 is 15.3 Å². The molecule has 1 saturated heterocycles. The summed E-state index contributed by atoms with van der Waals surface area (Å²) < 4.78 is 61.5. The molecule has 1 fully saturated rings. The van der Waals surface area contributed by atoms with Gasteiger partial charge in [0.25, 0.3) is 0 Å². The highest BCUT2D eigenvalue weighted by molar-refractivity contribution is 6.47. The molecule has 4 rings (SSSR count). The Morgan fingerprint density at radius 3 is 2.51 bits per heavy atom. The van der Waals surface area contributed by atoms with Gasteiger partial charge in [-0.25, -0.2) is 22.8 Å². The minimum Gasteiger partial charge on any atom is -0.534 e. The van der Waals surface area contributed by atoms with E-state index in [-0.39, 0.29) is 35.9 Å². The van der Waals surface area contributed by atoms with Gasteiger partial charge in [0.05, 0.1) is 17.5 Å². The fourth-order valence-electron chi connectivity index (χ4n) is 4.78. The summed E-state index contributed by atoms with van der Waals surface area (Å²) in [5.74, 6) is -14.4. The predicted molar refractivity (Wildman–Crippen MR) is 136 cm³/mol. The van der Waals surface area contributed by atoms with Crippen LogP contribution in [0.5, 0.6) is 11.5 Å². The Morgan fingerprint density at radius 2 is 1.86 bits per heavy atom. The van der Waals surface area contributed by atoms with Crippen molar-refractivity contribution in [3.05, 3.63) is 58.4 Å². The zero-order valence-corrected chi connectivity index (χ0v) is 22.1. The number of carboxylic acid groups (broad SMARTS) is 1. The van der Waals surface area contributed by atoms with E-state index in [2.05, 4.69) is 5.32 Å². The molecular weight excluding hydrogens is 587 g/mol. The minimum absolute atomic E-state index is 0.185. The van der Waals surface area contributed by atoms with Gasteiger partial charge in [-0.15, -0.1) is 0 Å². The summed E-state index contributed by atoms with van der Waals surface area (Å²) in [5, 5.41) is 33.5. The molecular formula is C25H23BF4N4O9. The SMILES string of the molecule is C[C@H]1CN(CCF)C(=O)C(=O)N1C(=O)NC(C(=O)N[C@H]1Cc2cccc(C(=O)O)c2OB1O)c1cc(F)c(O)c(F)c1F. The van der Waals surface area contributed by atoms with Gasteiger partial charge < -0.3 is 35.4 Å². The zero-order valence-electron chi connectivity index (χ0n) is 22.1. The van der Waals surface area contributed by atoms with Crippen LogP contribution in [0.1, 0.15) is 34.5 Å². The van der Waals surface area contributed by atoms with Crippen LogP contribution in [0, 0.1) is 17.5 Å². The Hall–Kier alpha value is -4.87. The third-order valence-corrected chi connectivity index (χ3v) is 6.87. The number of imide groups is 1. The van der Waals surface area contributed by atoms with E-state index in [1.165, 1.54) is 25.1 Å². The van der Waals surface area contributed by atoms with Gasteiger partial charge >= 0.3 is 30.9 Å². The Labute approximate surface area is 240 Å². The number of urea groups is 1. The van der Waals surface area contributed by atoms with Gasteiger partial charge in [-0.1, -0.05) is 12.1 Å². The number of piperazine rings is 1. The number of hydrogen-bond acceptors (Lipinski definition) is 8. The summed E-state index contributed by atoms with van der Waals surface area (Å²) in [6, 6.07) is -0.633. The molecule has 3 atom stereocenters. The molecule has 2 aliphatic heterocycles. The number of carbonyl (C=O) groups excluding carboxylic acids is 4. The second kappa shape index (κ2) is 12.2. The largest absolute Gasteiger partial charge is 0.547 e. The topological polar surface area (TPSA) is 186 Å². The van der Waals surface area contributed by atoms with Crippen molar-refractivity contribution in [1.82, 2.24) is 20.4 Å². The van der Waals surface area contributed by atoms with Crippen molar-refractivity contribution in [1.29, 1.82) is 0 Å². The highest BCUT2D eigenvalue weighted by atomic mass is 19.2. The second-order valence-corrected chi connectivity index (χ2v) is 9.70. The number of phenolic OH excluding ortho intramolecular Hbond substituents is 1. The molecule has 2 aromatic carbocycles. The maximum Gasteiger partial charge on any atom is 0.547 e. The number of aromatic hydroxyl groups is 1. The van der Waals surface area contributed by atoms with E-state index in [9.17, 15) is 56.8 Å². The van der Waals surface area contributed by atoms with Crippen molar-refractivity contribution in [3.8, 4) is 11.5 Å². The molecule has 13 nitrogen and oxygen atoms in total. The average Bonchev–Trinajstić information content (AvgIpc) is 2.95. The van der Waals surface area contributed by atoms with Crippen molar-refractivity contribution in [2.75, 3.05) is 19.8 Å². The molecule has 1 unspecified atom stereocenters. The molecule has 0 saturated carbocycles. The smallest absolute Gasteiger partial charge is 0.534 e. The van der Waals surface area contributed by atoms with E-state index >= 15 is 0 Å². The first kappa shape index (κ1) is 31.1. The minimum atomic E-state index is -2.32. The Kier molecular flexibility index (Phi) is 8.79. The molecule has 0 bridgehead atoms. The number of rotatable bonds is 7. The number of nitrogens with one attached hydrogen (secondary N) is 2. The number of phenols is 1. The molecule has 2 aliphatic rings. The first-order valence-electron chi connectivity index (χ1n) is 12.6. The maximum absolute atomic E-state index is 14.9. The number of aromatic carboxylic acids is 1. The molecule has 2 aromatic rings. The zero-order chi connectivity index (χ0) is 31.7. The summed E-state index contributed by atoms with van der Waals surface area (Å²) in [6.45, 7) is -0.395. The molecule has 5 amide bonds. The lowest BCUT2D eigenvalue weighted by molar-refractivity contribution is -0.156. The van der Waals surface area contributed by atoms with E-state index in [4.69, 9.17) is 4.65 Å². The molecule has 2 heterocycles. The highest BCUT2D eigenvalue weighted by Gasteiger charge is 2.44. The first-order chi connectivity index (χ1) is 20.3. The van der Waals surface area contributed by atoms with Crippen molar-refractivity contribution < 1.29 is 61.4 Å². The van der Waals surface area contributed by atoms with E-state index in [0.29, 0.717) is 4.90 Å². The second-order valence-electron chi connectivity index (χ2n) is 9.70. The van der Waals surface area contributed by atoms with E-state index < -0.39 is 96.8 Å². The third-order valence-electron chi connectivity index (χ3n) is 6.87. The van der Waals surface area contributed by atoms with Crippen LogP contribution >= 0.6 is 0 Å². The van der Waals surface area contributed by atoms with Crippen LogP contribution in [0.2, 0.25) is 0 Å². The van der Waals surface area contributed by atoms with Gasteiger partial charge in [-0.2, -0.15) is 4.39 Å². The summed E-state index contributed by atoms with van der Waals surface area (Å²) in [5.41, 5.74) is -1.20. The average molecular weight is 610 g/mol. The number of alkyl halides is 1. The fourth-order valence-corrected chi connectivity index (χ4v) is 4.78. The van der Waals surface area contributed by atoms with Gasteiger partial charge in [0.15, 0.2) is 17.4 Å². The van der Waals surface area contributed by atoms with Crippen LogP contribution in [-0.2, 0) is 20.8 Å². The predicted octanol–water partition coefficient (Wildman–Crippen LogP) is 0.427. The number of fused-ring (bicyclic) bond motifs is 1. The Morgan fingerprint density at radius 1 is 1.16 bits per heavy atom. The summed E-state index contributed by atoms with van der Waals surface area (Å²) in [7, 11) is -1.88. The lowest BCUT2D eigenvalue weighted by Gasteiger charge is -2.37. The third kappa shape index (κ3) is 5.90. The van der Waals surface area contributed by atoms with Gasteiger partial charge in [-0.05, 0) is 31.0 Å². The quantitative estimate of drug-likeness (QED) is 0.128. The highest BCUT2D eigenvalue weighted by Crippen LogP contribution is 2.32. The van der Waals surface area contributed by atoms with Gasteiger partial charge in [0.2, 0.25) is 11.7 Å². The number of nitrogens with zero attached hydrogens (tertiary/aromatic N) is 2. The van der Waals surface area contributed by atoms with Crippen molar-refractivity contribution in [2.45, 2.75) is 31.4 Å². The van der Waals surface area contributed by atoms with Crippen LogP contribution in [0.4, 0.5) is 22.4 Å². The molecule has 0 spiro atoms. The number of carbonyl (C=O) groups is 5. The molecule has 0 aromatic heterocycles. The Bertz CT molecular complexity index is 1510. The van der Waals surface area contributed by atoms with Crippen LogP contribution in [0.3, 0.4) is 0 Å². The van der Waals surface area contributed by atoms with Crippen LogP contribution in [0.25, 0.3) is 0 Å². The van der Waals surface area contributed by atoms with E-state index in [1.54, 1.807) is 0 Å². The monoisotopic (exact) mass is 610 g/mol. The van der Waals surface area contributed by atoms with Gasteiger partial charge in [-0.3, -0.25) is 19.3 Å². The summed E-state index contributed by atoms with van der Waals surface area (Å²) in [6.07, 6.45) is -0.245. The summed E-state index contributed by atoms with van der Waals surface area (Å²) >= 11 is 0. The lowest BCUT2D eigenvalue weighted by Crippen LogP contribution is -2.63. The molecule has 228 valence electrons. The van der Waals surface area contributed by atoms with E-state index in [0.717, 1.165) is 4.90 Å². The first-order valence-corrected chi connectivity index (χ1v) is 12.6. The number of carboxylic acids is 1. The summed E-state index contributed by atoms with van der Waals surface area (Å²) in [4.78, 5) is 64.3. The normalized spacial score (nSPS) is 19.0. The molecule has 0 radical (unpaired) electrons. The number of benzene rings is 2. The van der Waals surface area contributed by atoms with Gasteiger partial charge in [0, 0.05) is 18.7 Å². The fraction of sp³-hybridized carbons (Fsp3) is 0.320. The van der Waals surface area contributed by atoms with Crippen molar-refractivity contribution >= 4 is 36.8 Å². The lowest BCUT2D eigenvalue weighted by atomic mass is 9.72. The Balaban J connectivity index is 1.65. The number of para-hydroxylation sites is 1. The number of hydrogen-bond donors (Lipinski definition) is 5. The number of halogens is 4. The van der Waals surface area contributed by atoms with Gasteiger partial charge in [0.1, 0.15) is 18.5 Å². The van der Waals surface area contributed by atoms with Crippen LogP contribution in [0.15, 0.2) is 24.3 Å².